The smallest absolute Gasteiger partial charge is 0.405 e. The van der Waals surface area contributed by atoms with Gasteiger partial charge in [-0.15, -0.1) is 13.2 Å². The van der Waals surface area contributed by atoms with Crippen molar-refractivity contribution in [1.82, 2.24) is 4.98 Å². The van der Waals surface area contributed by atoms with Crippen LogP contribution in [0.1, 0.15) is 20.8 Å². The van der Waals surface area contributed by atoms with E-state index in [1.165, 1.54) is 18.2 Å². The molecule has 0 atom stereocenters. The van der Waals surface area contributed by atoms with E-state index in [0.29, 0.717) is 11.3 Å². The summed E-state index contributed by atoms with van der Waals surface area (Å²) in [5.41, 5.74) is 4.01. The summed E-state index contributed by atoms with van der Waals surface area (Å²) in [5, 5.41) is -0.130. The number of alkyl halides is 6. The molecule has 11 heteroatoms. The lowest BCUT2D eigenvalue weighted by atomic mass is 10.0. The first-order valence-electron chi connectivity index (χ1n) is 7.79. The Bertz CT molecular complexity index is 1060. The standard InChI is InChI=1S/C18H10F6N2O2S/c19-17(20,21)10-5-3-4-9(8-10)13-15(29-16(25)26-13)14(27)11-6-1-2-7-12(11)28-18(22,23)24/h1-8H,(H2,25,26). The topological polar surface area (TPSA) is 65.2 Å². The largest absolute Gasteiger partial charge is 0.573 e. The second-order valence-electron chi connectivity index (χ2n) is 5.68. The Hall–Kier alpha value is -3.08. The van der Waals surface area contributed by atoms with Crippen LogP contribution in [-0.2, 0) is 6.18 Å². The number of hydrogen-bond acceptors (Lipinski definition) is 5. The number of hydrogen-bond donors (Lipinski definition) is 1. The first-order chi connectivity index (χ1) is 13.5. The molecular formula is C18H10F6N2O2S. The van der Waals surface area contributed by atoms with Gasteiger partial charge in [-0.2, -0.15) is 13.2 Å². The number of para-hydroxylation sites is 1. The number of thiazole rings is 1. The van der Waals surface area contributed by atoms with Crippen LogP contribution in [0.5, 0.6) is 5.75 Å². The Balaban J connectivity index is 2.08. The number of nitrogen functional groups attached to an aromatic ring is 1. The second-order valence-corrected chi connectivity index (χ2v) is 6.71. The van der Waals surface area contributed by atoms with Crippen LogP contribution in [0.2, 0.25) is 0 Å². The fourth-order valence-electron chi connectivity index (χ4n) is 2.52. The number of ether oxygens (including phenoxy) is 1. The third kappa shape index (κ3) is 4.67. The zero-order chi connectivity index (χ0) is 21.4. The molecule has 0 amide bonds. The second kappa shape index (κ2) is 7.39. The quantitative estimate of drug-likeness (QED) is 0.434. The molecule has 0 aliphatic heterocycles. The van der Waals surface area contributed by atoms with Gasteiger partial charge in [0.05, 0.1) is 16.8 Å². The average molecular weight is 432 g/mol. The minimum Gasteiger partial charge on any atom is -0.405 e. The zero-order valence-corrected chi connectivity index (χ0v) is 15.0. The highest BCUT2D eigenvalue weighted by atomic mass is 32.1. The predicted molar refractivity (Wildman–Crippen MR) is 93.5 cm³/mol. The maximum absolute atomic E-state index is 13.0. The van der Waals surface area contributed by atoms with Gasteiger partial charge in [0.2, 0.25) is 5.78 Å². The summed E-state index contributed by atoms with van der Waals surface area (Å²) in [5.74, 6) is -1.65. The van der Waals surface area contributed by atoms with Gasteiger partial charge in [0.15, 0.2) is 5.13 Å². The van der Waals surface area contributed by atoms with Gasteiger partial charge in [0.25, 0.3) is 0 Å². The lowest BCUT2D eigenvalue weighted by Gasteiger charge is -2.12. The Labute approximate surface area is 163 Å². The molecule has 0 unspecified atom stereocenters. The highest BCUT2D eigenvalue weighted by molar-refractivity contribution is 7.18. The number of aromatic nitrogens is 1. The van der Waals surface area contributed by atoms with E-state index in [2.05, 4.69) is 9.72 Å². The molecule has 0 bridgehead atoms. The SMILES string of the molecule is Nc1nc(-c2cccc(C(F)(F)F)c2)c(C(=O)c2ccccc2OC(F)(F)F)s1. The van der Waals surface area contributed by atoms with Crippen molar-refractivity contribution >= 4 is 22.3 Å². The van der Waals surface area contributed by atoms with Gasteiger partial charge in [0.1, 0.15) is 10.6 Å². The van der Waals surface area contributed by atoms with E-state index in [-0.39, 0.29) is 21.3 Å². The van der Waals surface area contributed by atoms with Crippen molar-refractivity contribution < 1.29 is 35.9 Å². The van der Waals surface area contributed by atoms with E-state index in [4.69, 9.17) is 5.73 Å². The Kier molecular flexibility index (Phi) is 5.26. The summed E-state index contributed by atoms with van der Waals surface area (Å²) in [6.07, 6.45) is -9.66. The molecule has 3 rings (SSSR count). The summed E-state index contributed by atoms with van der Waals surface area (Å²) >= 11 is 0.651. The molecule has 3 aromatic rings. The molecule has 29 heavy (non-hydrogen) atoms. The molecular weight excluding hydrogens is 422 g/mol. The van der Waals surface area contributed by atoms with Gasteiger partial charge < -0.3 is 10.5 Å². The fourth-order valence-corrected chi connectivity index (χ4v) is 3.33. The van der Waals surface area contributed by atoms with E-state index in [0.717, 1.165) is 30.3 Å². The van der Waals surface area contributed by atoms with Crippen LogP contribution in [-0.4, -0.2) is 17.1 Å². The first kappa shape index (κ1) is 20.6. The average Bonchev–Trinajstić information content (AvgIpc) is 3.01. The molecule has 0 aliphatic carbocycles. The van der Waals surface area contributed by atoms with Gasteiger partial charge >= 0.3 is 12.5 Å². The molecule has 0 spiro atoms. The summed E-state index contributed by atoms with van der Waals surface area (Å²) in [4.78, 5) is 16.6. The maximum Gasteiger partial charge on any atom is 0.573 e. The van der Waals surface area contributed by atoms with Crippen molar-refractivity contribution in [3.63, 3.8) is 0 Å². The van der Waals surface area contributed by atoms with Gasteiger partial charge in [0, 0.05) is 5.56 Å². The van der Waals surface area contributed by atoms with E-state index in [1.54, 1.807) is 0 Å². The van der Waals surface area contributed by atoms with E-state index in [1.807, 2.05) is 0 Å². The molecule has 0 fully saturated rings. The summed E-state index contributed by atoms with van der Waals surface area (Å²) in [6.45, 7) is 0. The number of carbonyl (C=O) groups is 1. The normalized spacial score (nSPS) is 12.1. The van der Waals surface area contributed by atoms with Gasteiger partial charge in [-0.25, -0.2) is 4.98 Å². The van der Waals surface area contributed by atoms with E-state index in [9.17, 15) is 31.1 Å². The molecule has 2 aromatic carbocycles. The van der Waals surface area contributed by atoms with Crippen LogP contribution >= 0.6 is 11.3 Å². The number of anilines is 1. The van der Waals surface area contributed by atoms with E-state index < -0.39 is 35.2 Å². The zero-order valence-electron chi connectivity index (χ0n) is 14.1. The Morgan fingerprint density at radius 1 is 1.00 bits per heavy atom. The van der Waals surface area contributed by atoms with Crippen LogP contribution in [0.25, 0.3) is 11.3 Å². The van der Waals surface area contributed by atoms with Crippen LogP contribution < -0.4 is 10.5 Å². The lowest BCUT2D eigenvalue weighted by Crippen LogP contribution is -2.19. The molecule has 0 aliphatic rings. The third-order valence-electron chi connectivity index (χ3n) is 3.67. The molecule has 1 aromatic heterocycles. The number of nitrogens with two attached hydrogens (primary N) is 1. The minimum atomic E-state index is -5.03. The minimum absolute atomic E-state index is 0.0506. The summed E-state index contributed by atoms with van der Waals surface area (Å²) in [7, 11) is 0. The monoisotopic (exact) mass is 432 g/mol. The number of rotatable bonds is 4. The molecule has 4 nitrogen and oxygen atoms in total. The predicted octanol–water partition coefficient (Wildman–Crippen LogP) is 5.54. The molecule has 2 N–H and O–H groups in total. The summed E-state index contributed by atoms with van der Waals surface area (Å²) < 4.78 is 80.7. The molecule has 0 radical (unpaired) electrons. The van der Waals surface area contributed by atoms with Crippen molar-refractivity contribution in [1.29, 1.82) is 0 Å². The van der Waals surface area contributed by atoms with Crippen molar-refractivity contribution in [2.75, 3.05) is 5.73 Å². The summed E-state index contributed by atoms with van der Waals surface area (Å²) in [6, 6.07) is 8.67. The first-order valence-corrected chi connectivity index (χ1v) is 8.61. The van der Waals surface area contributed by atoms with Crippen LogP contribution in [0.4, 0.5) is 31.5 Å². The van der Waals surface area contributed by atoms with Crippen LogP contribution in [0.3, 0.4) is 0 Å². The molecule has 152 valence electrons. The van der Waals surface area contributed by atoms with Crippen molar-refractivity contribution in [2.24, 2.45) is 0 Å². The number of halogens is 6. The molecule has 0 saturated carbocycles. The van der Waals surface area contributed by atoms with Gasteiger partial charge in [-0.05, 0) is 24.3 Å². The highest BCUT2D eigenvalue weighted by Gasteiger charge is 2.34. The Morgan fingerprint density at radius 3 is 2.34 bits per heavy atom. The number of nitrogens with zero attached hydrogens (tertiary/aromatic N) is 1. The number of carbonyl (C=O) groups excluding carboxylic acids is 1. The van der Waals surface area contributed by atoms with Crippen LogP contribution in [0, 0.1) is 0 Å². The lowest BCUT2D eigenvalue weighted by molar-refractivity contribution is -0.274. The van der Waals surface area contributed by atoms with Crippen LogP contribution in [0.15, 0.2) is 48.5 Å². The number of benzene rings is 2. The number of ketones is 1. The molecule has 1 heterocycles. The maximum atomic E-state index is 13.0. The third-order valence-corrected chi connectivity index (χ3v) is 4.55. The van der Waals surface area contributed by atoms with Gasteiger partial charge in [-0.1, -0.05) is 35.6 Å². The van der Waals surface area contributed by atoms with Gasteiger partial charge in [-0.3, -0.25) is 4.79 Å². The highest BCUT2D eigenvalue weighted by Crippen LogP contribution is 2.37. The fraction of sp³-hybridized carbons (Fsp3) is 0.111. The van der Waals surface area contributed by atoms with E-state index >= 15 is 0 Å². The van der Waals surface area contributed by atoms with Crippen molar-refractivity contribution in [2.45, 2.75) is 12.5 Å². The van der Waals surface area contributed by atoms with Crippen molar-refractivity contribution in [3.05, 3.63) is 64.5 Å². The molecule has 0 saturated heterocycles. The Morgan fingerprint density at radius 2 is 1.69 bits per heavy atom. The van der Waals surface area contributed by atoms with Crippen molar-refractivity contribution in [3.8, 4) is 17.0 Å².